The van der Waals surface area contributed by atoms with Gasteiger partial charge >= 0.3 is 0 Å². The number of nitrogens with one attached hydrogen (secondary N) is 1. The van der Waals surface area contributed by atoms with Crippen LogP contribution in [0.2, 0.25) is 0 Å². The Morgan fingerprint density at radius 3 is 2.75 bits per heavy atom. The molecule has 1 N–H and O–H groups in total. The average Bonchev–Trinajstić information content (AvgIpc) is 2.80. The van der Waals surface area contributed by atoms with Gasteiger partial charge in [0.2, 0.25) is 0 Å². The molecule has 7 heteroatoms. The van der Waals surface area contributed by atoms with Crippen molar-refractivity contribution in [1.29, 1.82) is 0 Å². The van der Waals surface area contributed by atoms with Crippen LogP contribution in [0.3, 0.4) is 0 Å². The summed E-state index contributed by atoms with van der Waals surface area (Å²) in [6.07, 6.45) is 4.13. The normalized spacial score (nSPS) is 11.0. The van der Waals surface area contributed by atoms with Gasteiger partial charge in [-0.15, -0.1) is 0 Å². The molecular weight excluding hydrogens is 256 g/mol. The van der Waals surface area contributed by atoms with E-state index in [2.05, 4.69) is 27.4 Å². The number of nitrogens with zero attached hydrogens (tertiary/aromatic N) is 5. The van der Waals surface area contributed by atoms with Crippen LogP contribution in [0.25, 0.3) is 0 Å². The van der Waals surface area contributed by atoms with Crippen LogP contribution in [0.4, 0.5) is 5.69 Å². The number of aryl methyl sites for hydroxylation is 1. The van der Waals surface area contributed by atoms with Gasteiger partial charge in [0, 0.05) is 18.7 Å². The first kappa shape index (κ1) is 14.2. The summed E-state index contributed by atoms with van der Waals surface area (Å²) >= 11 is 0. The second kappa shape index (κ2) is 6.31. The first-order valence-corrected chi connectivity index (χ1v) is 6.80. The van der Waals surface area contributed by atoms with Crippen molar-refractivity contribution in [3.63, 3.8) is 0 Å². The van der Waals surface area contributed by atoms with Crippen molar-refractivity contribution >= 4 is 5.69 Å². The number of aromatic nitrogens is 5. The van der Waals surface area contributed by atoms with Crippen LogP contribution in [0, 0.1) is 0 Å². The maximum Gasteiger partial charge on any atom is 0.269 e. The molecule has 0 saturated carbocycles. The van der Waals surface area contributed by atoms with Crippen LogP contribution in [0.1, 0.15) is 33.0 Å². The zero-order valence-corrected chi connectivity index (χ0v) is 12.1. The Kier molecular flexibility index (Phi) is 4.49. The molecule has 0 radical (unpaired) electrons. The molecule has 0 aliphatic carbocycles. The number of rotatable bonds is 6. The van der Waals surface area contributed by atoms with Crippen molar-refractivity contribution in [2.75, 3.05) is 5.32 Å². The molecule has 2 rings (SSSR count). The predicted octanol–water partition coefficient (Wildman–Crippen LogP) is 1.11. The molecule has 2 aromatic rings. The van der Waals surface area contributed by atoms with E-state index in [0.717, 1.165) is 24.5 Å². The Balaban J connectivity index is 2.17. The molecule has 20 heavy (non-hydrogen) atoms. The molecule has 0 fully saturated rings. The second-order valence-electron chi connectivity index (χ2n) is 4.94. The van der Waals surface area contributed by atoms with Crippen LogP contribution in [0.5, 0.6) is 0 Å². The fourth-order valence-electron chi connectivity index (χ4n) is 1.91. The largest absolute Gasteiger partial charge is 0.381 e. The smallest absolute Gasteiger partial charge is 0.269 e. The zero-order valence-electron chi connectivity index (χ0n) is 12.1. The van der Waals surface area contributed by atoms with E-state index < -0.39 is 0 Å². The molecule has 0 bridgehead atoms. The van der Waals surface area contributed by atoms with E-state index in [9.17, 15) is 4.79 Å². The predicted molar refractivity (Wildman–Crippen MR) is 76.7 cm³/mol. The van der Waals surface area contributed by atoms with Gasteiger partial charge in [-0.05, 0) is 20.3 Å². The van der Waals surface area contributed by atoms with Gasteiger partial charge in [0.1, 0.15) is 18.7 Å². The number of hydrogen-bond donors (Lipinski definition) is 1. The number of hydrogen-bond acceptors (Lipinski definition) is 5. The minimum Gasteiger partial charge on any atom is -0.381 e. The standard InChI is InChI=1S/C13H20N6O/c1-4-5-18-12(14-9-16-18)8-19-13(20)6-11(7-15-19)17-10(2)3/h6-7,9-10,17H,4-5,8H2,1-3H3. The van der Waals surface area contributed by atoms with Crippen molar-refractivity contribution in [1.82, 2.24) is 24.5 Å². The lowest BCUT2D eigenvalue weighted by Gasteiger charge is -2.10. The van der Waals surface area contributed by atoms with E-state index >= 15 is 0 Å². The molecule has 0 saturated heterocycles. The summed E-state index contributed by atoms with van der Waals surface area (Å²) in [6.45, 7) is 7.22. The highest BCUT2D eigenvalue weighted by molar-refractivity contribution is 5.39. The summed E-state index contributed by atoms with van der Waals surface area (Å²) in [5, 5.41) is 11.5. The molecular formula is C13H20N6O. The molecule has 0 atom stereocenters. The zero-order chi connectivity index (χ0) is 14.5. The van der Waals surface area contributed by atoms with E-state index in [1.165, 1.54) is 11.0 Å². The van der Waals surface area contributed by atoms with Crippen LogP contribution < -0.4 is 10.9 Å². The third kappa shape index (κ3) is 3.43. The molecule has 0 unspecified atom stereocenters. The summed E-state index contributed by atoms with van der Waals surface area (Å²) in [4.78, 5) is 16.2. The molecule has 0 aliphatic heterocycles. The SMILES string of the molecule is CCCn1ncnc1Cn1ncc(NC(C)C)cc1=O. The third-order valence-corrected chi connectivity index (χ3v) is 2.75. The van der Waals surface area contributed by atoms with Gasteiger partial charge in [-0.25, -0.2) is 14.3 Å². The van der Waals surface area contributed by atoms with E-state index in [1.54, 1.807) is 16.9 Å². The Bertz CT molecular complexity index is 615. The lowest BCUT2D eigenvalue weighted by molar-refractivity contribution is 0.528. The average molecular weight is 276 g/mol. The maximum absolute atomic E-state index is 12.0. The maximum atomic E-state index is 12.0. The topological polar surface area (TPSA) is 77.6 Å². The Morgan fingerprint density at radius 2 is 2.10 bits per heavy atom. The summed E-state index contributed by atoms with van der Waals surface area (Å²) in [5.41, 5.74) is 0.581. The minimum atomic E-state index is -0.151. The molecule has 0 amide bonds. The van der Waals surface area contributed by atoms with E-state index in [-0.39, 0.29) is 11.6 Å². The van der Waals surface area contributed by atoms with Gasteiger partial charge < -0.3 is 5.32 Å². The van der Waals surface area contributed by atoms with Crippen molar-refractivity contribution in [3.05, 3.63) is 34.8 Å². The first-order chi connectivity index (χ1) is 9.60. The molecule has 7 nitrogen and oxygen atoms in total. The summed E-state index contributed by atoms with van der Waals surface area (Å²) in [7, 11) is 0. The molecule has 0 aromatic carbocycles. The fourth-order valence-corrected chi connectivity index (χ4v) is 1.91. The molecule has 0 spiro atoms. The minimum absolute atomic E-state index is 0.151. The summed E-state index contributed by atoms with van der Waals surface area (Å²) < 4.78 is 3.19. The molecule has 2 heterocycles. The van der Waals surface area contributed by atoms with Crippen LogP contribution in [-0.4, -0.2) is 30.6 Å². The quantitative estimate of drug-likeness (QED) is 0.855. The third-order valence-electron chi connectivity index (χ3n) is 2.75. The molecule has 108 valence electrons. The first-order valence-electron chi connectivity index (χ1n) is 6.80. The Hall–Kier alpha value is -2.18. The summed E-state index contributed by atoms with van der Waals surface area (Å²) in [6, 6.07) is 1.81. The van der Waals surface area contributed by atoms with E-state index in [4.69, 9.17) is 0 Å². The van der Waals surface area contributed by atoms with Crippen LogP contribution >= 0.6 is 0 Å². The monoisotopic (exact) mass is 276 g/mol. The van der Waals surface area contributed by atoms with Crippen LogP contribution in [0.15, 0.2) is 23.4 Å². The highest BCUT2D eigenvalue weighted by Gasteiger charge is 2.07. The van der Waals surface area contributed by atoms with Gasteiger partial charge in [-0.2, -0.15) is 10.2 Å². The highest BCUT2D eigenvalue weighted by atomic mass is 16.1. The van der Waals surface area contributed by atoms with Crippen molar-refractivity contribution in [3.8, 4) is 0 Å². The van der Waals surface area contributed by atoms with Gasteiger partial charge in [-0.3, -0.25) is 4.79 Å². The van der Waals surface area contributed by atoms with E-state index in [0.29, 0.717) is 6.54 Å². The number of anilines is 1. The molecule has 0 aliphatic rings. The lowest BCUT2D eigenvalue weighted by Crippen LogP contribution is -2.25. The van der Waals surface area contributed by atoms with Crippen molar-refractivity contribution in [2.24, 2.45) is 0 Å². The van der Waals surface area contributed by atoms with E-state index in [1.807, 2.05) is 13.8 Å². The van der Waals surface area contributed by atoms with Crippen LogP contribution in [-0.2, 0) is 13.1 Å². The Labute approximate surface area is 117 Å². The van der Waals surface area contributed by atoms with Crippen molar-refractivity contribution < 1.29 is 0 Å². The van der Waals surface area contributed by atoms with Gasteiger partial charge in [0.05, 0.1) is 11.9 Å². The van der Waals surface area contributed by atoms with Gasteiger partial charge in [0.25, 0.3) is 5.56 Å². The Morgan fingerprint density at radius 1 is 1.30 bits per heavy atom. The molecule has 2 aromatic heterocycles. The highest BCUT2D eigenvalue weighted by Crippen LogP contribution is 2.03. The fraction of sp³-hybridized carbons (Fsp3) is 0.538. The van der Waals surface area contributed by atoms with Gasteiger partial charge in [-0.1, -0.05) is 6.92 Å². The summed E-state index contributed by atoms with van der Waals surface area (Å²) in [5.74, 6) is 0.742. The second-order valence-corrected chi connectivity index (χ2v) is 4.94. The van der Waals surface area contributed by atoms with Gasteiger partial charge in [0.15, 0.2) is 0 Å². The lowest BCUT2D eigenvalue weighted by atomic mass is 10.3. The van der Waals surface area contributed by atoms with Crippen molar-refractivity contribution in [2.45, 2.75) is 46.3 Å².